The zero-order valence-electron chi connectivity index (χ0n) is 7.70. The van der Waals surface area contributed by atoms with E-state index in [1.165, 1.54) is 6.07 Å². The minimum absolute atomic E-state index is 0.331. The minimum Gasteiger partial charge on any atom is -0.282 e. The third-order valence-electron chi connectivity index (χ3n) is 1.76. The fraction of sp³-hybridized carbons (Fsp3) is 0. The maximum absolute atomic E-state index is 11.1. The molecular weight excluding hydrogens is 311 g/mol. The van der Waals surface area contributed by atoms with Crippen LogP contribution in [0.1, 0.15) is 11.1 Å². The molecule has 0 aromatic heterocycles. The van der Waals surface area contributed by atoms with Crippen LogP contribution in [0.2, 0.25) is 15.1 Å². The summed E-state index contributed by atoms with van der Waals surface area (Å²) in [4.78, 5) is -0.907. The quantitative estimate of drug-likeness (QED) is 0.634. The van der Waals surface area contributed by atoms with Crippen LogP contribution in [0.5, 0.6) is 0 Å². The SMILES string of the molecule is N#Cc1c(Cl)c(Cl)c(S(=O)(=O)O)c(C#N)c1Cl. The Morgan fingerprint density at radius 2 is 1.41 bits per heavy atom. The first-order valence-corrected chi connectivity index (χ1v) is 6.31. The lowest BCUT2D eigenvalue weighted by atomic mass is 10.1. The summed E-state index contributed by atoms with van der Waals surface area (Å²) in [5.41, 5.74) is -0.956. The van der Waals surface area contributed by atoms with E-state index in [1.807, 2.05) is 0 Å². The molecule has 0 fully saturated rings. The predicted molar refractivity (Wildman–Crippen MR) is 60.7 cm³/mol. The summed E-state index contributed by atoms with van der Waals surface area (Å²) < 4.78 is 31.0. The molecule has 88 valence electrons. The standard InChI is InChI=1S/C8HCl3N2O3S/c9-5-3(1-12)6(10)7(11)8(4(5)2-13)17(14,15)16/h(H,14,15,16). The Kier molecular flexibility index (Phi) is 3.88. The van der Waals surface area contributed by atoms with Crippen molar-refractivity contribution in [3.05, 3.63) is 26.2 Å². The first-order chi connectivity index (χ1) is 7.75. The van der Waals surface area contributed by atoms with Gasteiger partial charge < -0.3 is 0 Å². The van der Waals surface area contributed by atoms with Gasteiger partial charge in [0.05, 0.1) is 26.2 Å². The molecule has 0 aliphatic rings. The Labute approximate surface area is 111 Å². The lowest BCUT2D eigenvalue weighted by Gasteiger charge is -2.09. The van der Waals surface area contributed by atoms with Crippen LogP contribution < -0.4 is 0 Å². The molecular formula is C8HCl3N2O3S. The van der Waals surface area contributed by atoms with E-state index in [2.05, 4.69) is 0 Å². The van der Waals surface area contributed by atoms with E-state index in [0.29, 0.717) is 0 Å². The molecule has 1 rings (SSSR count). The van der Waals surface area contributed by atoms with Crippen molar-refractivity contribution in [1.82, 2.24) is 0 Å². The number of hydrogen-bond acceptors (Lipinski definition) is 4. The highest BCUT2D eigenvalue weighted by Crippen LogP contribution is 2.39. The maximum Gasteiger partial charge on any atom is 0.297 e. The Morgan fingerprint density at radius 1 is 0.941 bits per heavy atom. The average molecular weight is 312 g/mol. The van der Waals surface area contributed by atoms with Crippen LogP contribution in [0.25, 0.3) is 0 Å². The normalized spacial score (nSPS) is 10.7. The lowest BCUT2D eigenvalue weighted by Crippen LogP contribution is -2.05. The second-order valence-electron chi connectivity index (χ2n) is 2.72. The molecule has 0 spiro atoms. The molecule has 0 saturated carbocycles. The summed E-state index contributed by atoms with van der Waals surface area (Å²) >= 11 is 16.8. The second kappa shape index (κ2) is 4.69. The summed E-state index contributed by atoms with van der Waals surface area (Å²) in [6, 6.07) is 3.03. The van der Waals surface area contributed by atoms with E-state index in [1.54, 1.807) is 6.07 Å². The molecule has 0 saturated heterocycles. The number of rotatable bonds is 1. The van der Waals surface area contributed by atoms with Gasteiger partial charge in [-0.15, -0.1) is 0 Å². The molecule has 0 amide bonds. The highest BCUT2D eigenvalue weighted by atomic mass is 35.5. The molecule has 0 bridgehead atoms. The smallest absolute Gasteiger partial charge is 0.282 e. The largest absolute Gasteiger partial charge is 0.297 e. The minimum atomic E-state index is -4.78. The molecule has 1 aromatic carbocycles. The van der Waals surface area contributed by atoms with Crippen molar-refractivity contribution >= 4 is 44.9 Å². The monoisotopic (exact) mass is 310 g/mol. The second-order valence-corrected chi connectivity index (χ2v) is 5.21. The Bertz CT molecular complexity index is 686. The van der Waals surface area contributed by atoms with Crippen LogP contribution >= 0.6 is 34.8 Å². The molecule has 1 N–H and O–H groups in total. The number of nitriles is 2. The molecule has 0 heterocycles. The zero-order chi connectivity index (χ0) is 13.4. The third-order valence-corrected chi connectivity index (χ3v) is 4.03. The van der Waals surface area contributed by atoms with E-state index in [-0.39, 0.29) is 5.56 Å². The average Bonchev–Trinajstić information content (AvgIpc) is 2.22. The van der Waals surface area contributed by atoms with Crippen molar-refractivity contribution in [2.45, 2.75) is 4.90 Å². The highest BCUT2D eigenvalue weighted by molar-refractivity contribution is 7.86. The van der Waals surface area contributed by atoms with Gasteiger partial charge in [0.2, 0.25) is 0 Å². The van der Waals surface area contributed by atoms with E-state index >= 15 is 0 Å². The number of hydrogen-bond donors (Lipinski definition) is 1. The van der Waals surface area contributed by atoms with Crippen molar-refractivity contribution in [3.63, 3.8) is 0 Å². The van der Waals surface area contributed by atoms with Crippen LogP contribution in [0.3, 0.4) is 0 Å². The molecule has 17 heavy (non-hydrogen) atoms. The molecule has 0 atom stereocenters. The molecule has 9 heteroatoms. The topological polar surface area (TPSA) is 102 Å². The van der Waals surface area contributed by atoms with Crippen LogP contribution in [0, 0.1) is 22.7 Å². The van der Waals surface area contributed by atoms with Gasteiger partial charge in [0.25, 0.3) is 10.1 Å². The highest BCUT2D eigenvalue weighted by Gasteiger charge is 2.28. The number of benzene rings is 1. The van der Waals surface area contributed by atoms with Gasteiger partial charge in [-0.05, 0) is 0 Å². The van der Waals surface area contributed by atoms with Gasteiger partial charge in [-0.25, -0.2) is 0 Å². The summed E-state index contributed by atoms with van der Waals surface area (Å²) in [5, 5.41) is 16.0. The van der Waals surface area contributed by atoms with Crippen LogP contribution in [0.4, 0.5) is 0 Å². The summed E-state index contributed by atoms with van der Waals surface area (Å²) in [7, 11) is -4.78. The van der Waals surface area contributed by atoms with Crippen LogP contribution in [-0.2, 0) is 10.1 Å². The molecule has 0 aliphatic carbocycles. The van der Waals surface area contributed by atoms with Gasteiger partial charge in [0.1, 0.15) is 17.0 Å². The van der Waals surface area contributed by atoms with Gasteiger partial charge >= 0.3 is 0 Å². The lowest BCUT2D eigenvalue weighted by molar-refractivity contribution is 0.483. The maximum atomic E-state index is 11.1. The number of halogens is 3. The van der Waals surface area contributed by atoms with Crippen molar-refractivity contribution < 1.29 is 13.0 Å². The Hall–Kier alpha value is -1.02. The van der Waals surface area contributed by atoms with Crippen LogP contribution in [-0.4, -0.2) is 13.0 Å². The van der Waals surface area contributed by atoms with Gasteiger partial charge in [0.15, 0.2) is 0 Å². The third kappa shape index (κ3) is 2.32. The predicted octanol–water partition coefficient (Wildman–Crippen LogP) is 2.64. The molecule has 5 nitrogen and oxygen atoms in total. The first-order valence-electron chi connectivity index (χ1n) is 3.73. The van der Waals surface area contributed by atoms with Gasteiger partial charge in [0, 0.05) is 0 Å². The zero-order valence-corrected chi connectivity index (χ0v) is 10.8. The molecule has 0 aliphatic heterocycles. The van der Waals surface area contributed by atoms with E-state index in [0.717, 1.165) is 0 Å². The van der Waals surface area contributed by atoms with Crippen molar-refractivity contribution in [1.29, 1.82) is 10.5 Å². The first kappa shape index (κ1) is 14.0. The van der Waals surface area contributed by atoms with Crippen molar-refractivity contribution in [2.75, 3.05) is 0 Å². The molecule has 0 unspecified atom stereocenters. The molecule has 0 radical (unpaired) electrons. The van der Waals surface area contributed by atoms with Gasteiger partial charge in [-0.3, -0.25) is 4.55 Å². The Morgan fingerprint density at radius 3 is 1.76 bits per heavy atom. The van der Waals surface area contributed by atoms with Crippen molar-refractivity contribution in [3.8, 4) is 12.1 Å². The summed E-state index contributed by atoms with van der Waals surface area (Å²) in [6.07, 6.45) is 0. The fourth-order valence-corrected chi connectivity index (χ4v) is 2.96. The van der Waals surface area contributed by atoms with Gasteiger partial charge in [-0.1, -0.05) is 34.8 Å². The van der Waals surface area contributed by atoms with E-state index in [4.69, 9.17) is 49.9 Å². The van der Waals surface area contributed by atoms with Crippen molar-refractivity contribution in [2.24, 2.45) is 0 Å². The Balaban J connectivity index is 4.04. The van der Waals surface area contributed by atoms with E-state index < -0.39 is 35.6 Å². The van der Waals surface area contributed by atoms with E-state index in [9.17, 15) is 8.42 Å². The summed E-state index contributed by atoms with van der Waals surface area (Å²) in [6.45, 7) is 0. The summed E-state index contributed by atoms with van der Waals surface area (Å²) in [5.74, 6) is 0. The molecule has 1 aromatic rings. The van der Waals surface area contributed by atoms with Gasteiger partial charge in [-0.2, -0.15) is 18.9 Å². The number of nitrogens with zero attached hydrogens (tertiary/aromatic N) is 2. The van der Waals surface area contributed by atoms with Crippen LogP contribution in [0.15, 0.2) is 4.90 Å². The fourth-order valence-electron chi connectivity index (χ4n) is 1.08.